The Balaban J connectivity index is 0.000000371. The standard InChI is InChI=1S/C18H22N6O2S.C4H4O4/c25-18(26)20-7-9-23-8-5-13(11-23)21-17-22-15-4-1-6-19-16(15)24(17)12-14-3-2-10-27-14;5-3(6)1-2-4(7)8/h1-4,6,10,13,20H,5,7-9,11-12H2,(H,21,22)(H,25,26);1-2H,(H,5,6)(H,7,8)/b;2-1+. The molecule has 1 saturated heterocycles. The fourth-order valence-corrected chi connectivity index (χ4v) is 4.27. The minimum Gasteiger partial charge on any atom is -0.478 e. The molecule has 1 atom stereocenters. The van der Waals surface area contributed by atoms with E-state index in [9.17, 15) is 14.4 Å². The number of carboxylic acid groups (broad SMARTS) is 3. The summed E-state index contributed by atoms with van der Waals surface area (Å²) in [4.78, 5) is 42.5. The van der Waals surface area contributed by atoms with Gasteiger partial charge in [-0.2, -0.15) is 0 Å². The molecule has 12 nitrogen and oxygen atoms in total. The predicted octanol–water partition coefficient (Wildman–Crippen LogP) is 2.01. The molecule has 0 aromatic carbocycles. The van der Waals surface area contributed by atoms with Crippen LogP contribution in [0.2, 0.25) is 0 Å². The van der Waals surface area contributed by atoms with Gasteiger partial charge in [-0.1, -0.05) is 6.07 Å². The highest BCUT2D eigenvalue weighted by molar-refractivity contribution is 7.09. The van der Waals surface area contributed by atoms with Crippen molar-refractivity contribution in [3.05, 3.63) is 52.9 Å². The van der Waals surface area contributed by atoms with E-state index < -0.39 is 18.0 Å². The molecule has 0 radical (unpaired) electrons. The highest BCUT2D eigenvalue weighted by Crippen LogP contribution is 2.23. The molecule has 0 aliphatic carbocycles. The van der Waals surface area contributed by atoms with Crippen LogP contribution < -0.4 is 10.6 Å². The van der Waals surface area contributed by atoms with E-state index in [2.05, 4.69) is 42.6 Å². The van der Waals surface area contributed by atoms with Crippen LogP contribution >= 0.6 is 11.3 Å². The van der Waals surface area contributed by atoms with Crippen molar-refractivity contribution >= 4 is 46.5 Å². The first-order valence-corrected chi connectivity index (χ1v) is 11.6. The zero-order chi connectivity index (χ0) is 25.2. The average Bonchev–Trinajstić information content (AvgIpc) is 3.55. The van der Waals surface area contributed by atoms with Crippen LogP contribution in [0.15, 0.2) is 48.0 Å². The Labute approximate surface area is 204 Å². The minimum absolute atomic E-state index is 0.286. The van der Waals surface area contributed by atoms with Crippen LogP contribution in [-0.2, 0) is 16.1 Å². The number of fused-ring (bicyclic) bond motifs is 1. The maximum atomic E-state index is 10.6. The summed E-state index contributed by atoms with van der Waals surface area (Å²) in [7, 11) is 0. The number of aliphatic carboxylic acids is 2. The number of likely N-dealkylation sites (tertiary alicyclic amines) is 1. The maximum Gasteiger partial charge on any atom is 0.404 e. The first-order chi connectivity index (χ1) is 16.8. The number of aromatic nitrogens is 3. The van der Waals surface area contributed by atoms with Gasteiger partial charge in [-0.15, -0.1) is 11.3 Å². The fraction of sp³-hybridized carbons (Fsp3) is 0.318. The molecule has 1 unspecified atom stereocenters. The van der Waals surface area contributed by atoms with E-state index in [0.717, 1.165) is 49.7 Å². The molecule has 0 spiro atoms. The van der Waals surface area contributed by atoms with Crippen LogP contribution in [0.5, 0.6) is 0 Å². The Morgan fingerprint density at radius 2 is 1.91 bits per heavy atom. The summed E-state index contributed by atoms with van der Waals surface area (Å²) in [5, 5.41) is 32.4. The molecule has 5 N–H and O–H groups in total. The zero-order valence-corrected chi connectivity index (χ0v) is 19.5. The van der Waals surface area contributed by atoms with Crippen LogP contribution in [0.1, 0.15) is 11.3 Å². The SMILES string of the molecule is O=C(O)/C=C/C(=O)O.O=C(O)NCCN1CCC(Nc2nc3cccnc3n2Cc2cccs2)C1. The number of pyridine rings is 1. The summed E-state index contributed by atoms with van der Waals surface area (Å²) < 4.78 is 2.13. The van der Waals surface area contributed by atoms with Gasteiger partial charge in [0.15, 0.2) is 5.65 Å². The van der Waals surface area contributed by atoms with Crippen LogP contribution in [0.3, 0.4) is 0 Å². The van der Waals surface area contributed by atoms with E-state index in [0.29, 0.717) is 18.7 Å². The van der Waals surface area contributed by atoms with Gasteiger partial charge in [0.2, 0.25) is 5.95 Å². The molecule has 35 heavy (non-hydrogen) atoms. The van der Waals surface area contributed by atoms with Crippen molar-refractivity contribution in [2.24, 2.45) is 0 Å². The van der Waals surface area contributed by atoms with E-state index in [-0.39, 0.29) is 6.04 Å². The van der Waals surface area contributed by atoms with Gasteiger partial charge < -0.3 is 26.0 Å². The molecule has 0 saturated carbocycles. The number of anilines is 1. The number of thiophene rings is 1. The lowest BCUT2D eigenvalue weighted by molar-refractivity contribution is -0.134. The molecule has 1 aliphatic rings. The molecule has 186 valence electrons. The van der Waals surface area contributed by atoms with Gasteiger partial charge in [0.1, 0.15) is 5.52 Å². The predicted molar refractivity (Wildman–Crippen MR) is 130 cm³/mol. The second kappa shape index (κ2) is 12.5. The van der Waals surface area contributed by atoms with Gasteiger partial charge in [0.25, 0.3) is 0 Å². The molecule has 4 rings (SSSR count). The highest BCUT2D eigenvalue weighted by atomic mass is 32.1. The molecule has 1 amide bonds. The lowest BCUT2D eigenvalue weighted by Crippen LogP contribution is -2.34. The van der Waals surface area contributed by atoms with Crippen molar-refractivity contribution < 1.29 is 29.7 Å². The van der Waals surface area contributed by atoms with E-state index in [4.69, 9.17) is 20.3 Å². The third-order valence-electron chi connectivity index (χ3n) is 5.08. The topological polar surface area (TPSA) is 170 Å². The Hall–Kier alpha value is -3.97. The summed E-state index contributed by atoms with van der Waals surface area (Å²) in [6, 6.07) is 8.35. The van der Waals surface area contributed by atoms with Gasteiger partial charge >= 0.3 is 18.0 Å². The monoisotopic (exact) mass is 502 g/mol. The van der Waals surface area contributed by atoms with Crippen molar-refractivity contribution in [2.45, 2.75) is 19.0 Å². The van der Waals surface area contributed by atoms with Crippen LogP contribution in [0, 0.1) is 0 Å². The summed E-state index contributed by atoms with van der Waals surface area (Å²) in [5.41, 5.74) is 1.77. The Kier molecular flexibility index (Phi) is 9.15. The molecule has 1 aliphatic heterocycles. The van der Waals surface area contributed by atoms with E-state index in [1.165, 1.54) is 4.88 Å². The van der Waals surface area contributed by atoms with Crippen LogP contribution in [-0.4, -0.2) is 85.0 Å². The van der Waals surface area contributed by atoms with Gasteiger partial charge in [0, 0.05) is 55.4 Å². The second-order valence-corrected chi connectivity index (χ2v) is 8.65. The number of nitrogens with zero attached hydrogens (tertiary/aromatic N) is 4. The summed E-state index contributed by atoms with van der Waals surface area (Å²) >= 11 is 1.73. The number of rotatable bonds is 9. The van der Waals surface area contributed by atoms with Gasteiger partial charge in [-0.3, -0.25) is 9.47 Å². The Morgan fingerprint density at radius 1 is 1.14 bits per heavy atom. The van der Waals surface area contributed by atoms with E-state index in [1.807, 2.05) is 12.1 Å². The number of imidazole rings is 1. The third-order valence-corrected chi connectivity index (χ3v) is 5.94. The van der Waals surface area contributed by atoms with Crippen molar-refractivity contribution in [3.63, 3.8) is 0 Å². The molecule has 0 bridgehead atoms. The second-order valence-electron chi connectivity index (χ2n) is 7.62. The highest BCUT2D eigenvalue weighted by Gasteiger charge is 2.24. The lowest BCUT2D eigenvalue weighted by Gasteiger charge is -2.17. The number of amides is 1. The molecule has 1 fully saturated rings. The minimum atomic E-state index is -1.26. The number of hydrogen-bond donors (Lipinski definition) is 5. The quantitative estimate of drug-likeness (QED) is 0.273. The number of nitrogens with one attached hydrogen (secondary N) is 2. The van der Waals surface area contributed by atoms with Crippen LogP contribution in [0.4, 0.5) is 10.7 Å². The summed E-state index contributed by atoms with van der Waals surface area (Å²) in [5.74, 6) is -1.67. The maximum absolute atomic E-state index is 10.6. The lowest BCUT2D eigenvalue weighted by atomic mass is 10.3. The Morgan fingerprint density at radius 3 is 2.57 bits per heavy atom. The molecule has 3 aromatic heterocycles. The van der Waals surface area contributed by atoms with Gasteiger partial charge in [0.05, 0.1) is 6.54 Å². The molecular formula is C22H26N6O6S. The largest absolute Gasteiger partial charge is 0.478 e. The number of carboxylic acids is 2. The van der Waals surface area contributed by atoms with Crippen molar-refractivity contribution in [1.82, 2.24) is 24.8 Å². The summed E-state index contributed by atoms with van der Waals surface area (Å²) in [6.45, 7) is 3.73. The van der Waals surface area contributed by atoms with Gasteiger partial charge in [-0.25, -0.2) is 24.4 Å². The molecule has 3 aromatic rings. The summed E-state index contributed by atoms with van der Waals surface area (Å²) in [6.07, 6.45) is 2.94. The molecular weight excluding hydrogens is 476 g/mol. The average molecular weight is 503 g/mol. The Bertz CT molecular complexity index is 1160. The smallest absolute Gasteiger partial charge is 0.404 e. The number of hydrogen-bond acceptors (Lipinski definition) is 8. The van der Waals surface area contributed by atoms with Crippen molar-refractivity contribution in [2.75, 3.05) is 31.5 Å². The van der Waals surface area contributed by atoms with Gasteiger partial charge in [-0.05, 0) is 30.0 Å². The molecule has 13 heteroatoms. The van der Waals surface area contributed by atoms with E-state index >= 15 is 0 Å². The third kappa shape index (κ3) is 8.08. The van der Waals surface area contributed by atoms with Crippen molar-refractivity contribution in [1.29, 1.82) is 0 Å². The fourth-order valence-electron chi connectivity index (χ4n) is 3.58. The molecule has 4 heterocycles. The normalized spacial score (nSPS) is 15.6. The van der Waals surface area contributed by atoms with Crippen molar-refractivity contribution in [3.8, 4) is 0 Å². The zero-order valence-electron chi connectivity index (χ0n) is 18.7. The van der Waals surface area contributed by atoms with E-state index in [1.54, 1.807) is 17.5 Å². The van der Waals surface area contributed by atoms with Crippen LogP contribution in [0.25, 0.3) is 11.2 Å². The number of carbonyl (C=O) groups is 3. The first kappa shape index (κ1) is 25.6. The first-order valence-electron chi connectivity index (χ1n) is 10.7.